The van der Waals surface area contributed by atoms with E-state index in [4.69, 9.17) is 0 Å². The highest BCUT2D eigenvalue weighted by Gasteiger charge is 2.56. The van der Waals surface area contributed by atoms with Crippen LogP contribution in [-0.2, 0) is 10.2 Å². The molecule has 3 fully saturated rings. The number of halogens is 1. The van der Waals surface area contributed by atoms with Gasteiger partial charge in [0.05, 0.1) is 17.6 Å². The number of benzene rings is 1. The molecule has 1 saturated heterocycles. The van der Waals surface area contributed by atoms with E-state index >= 15 is 0 Å². The van der Waals surface area contributed by atoms with Crippen LogP contribution >= 0.6 is 0 Å². The first kappa shape index (κ1) is 16.9. The largest absolute Gasteiger partial charge is 0.391 e. The number of rotatable bonds is 3. The van der Waals surface area contributed by atoms with Crippen molar-refractivity contribution in [1.29, 1.82) is 0 Å². The van der Waals surface area contributed by atoms with Gasteiger partial charge in [-0.1, -0.05) is 18.2 Å². The second-order valence-electron chi connectivity index (χ2n) is 8.27. The minimum absolute atomic E-state index is 0.0498. The van der Waals surface area contributed by atoms with E-state index in [9.17, 15) is 14.3 Å². The quantitative estimate of drug-likeness (QED) is 0.896. The predicted molar refractivity (Wildman–Crippen MR) is 95.2 cm³/mol. The third-order valence-corrected chi connectivity index (χ3v) is 6.72. The van der Waals surface area contributed by atoms with Crippen molar-refractivity contribution >= 4 is 5.91 Å². The minimum Gasteiger partial charge on any atom is -0.391 e. The van der Waals surface area contributed by atoms with Gasteiger partial charge in [0.15, 0.2) is 0 Å². The van der Waals surface area contributed by atoms with Crippen molar-refractivity contribution < 1.29 is 14.3 Å². The van der Waals surface area contributed by atoms with Crippen LogP contribution in [0.1, 0.15) is 37.3 Å². The molecule has 142 valence electrons. The van der Waals surface area contributed by atoms with E-state index in [-0.39, 0.29) is 17.8 Å². The molecule has 1 aromatic carbocycles. The van der Waals surface area contributed by atoms with Crippen LogP contribution in [-0.4, -0.2) is 49.9 Å². The first-order chi connectivity index (χ1) is 13.1. The maximum Gasteiger partial charge on any atom is 0.233 e. The molecule has 2 heterocycles. The van der Waals surface area contributed by atoms with Crippen LogP contribution in [0.4, 0.5) is 4.39 Å². The molecular formula is C20H23FN4O2. The van der Waals surface area contributed by atoms with E-state index in [1.165, 1.54) is 12.4 Å². The molecule has 6 nitrogen and oxygen atoms in total. The van der Waals surface area contributed by atoms with Crippen LogP contribution in [0.3, 0.4) is 0 Å². The van der Waals surface area contributed by atoms with Crippen LogP contribution in [0.15, 0.2) is 36.9 Å². The zero-order valence-corrected chi connectivity index (χ0v) is 15.0. The van der Waals surface area contributed by atoms with Gasteiger partial charge in [0, 0.05) is 18.7 Å². The van der Waals surface area contributed by atoms with Gasteiger partial charge in [-0.05, 0) is 43.6 Å². The zero-order chi connectivity index (χ0) is 18.6. The molecule has 1 amide bonds. The van der Waals surface area contributed by atoms with Crippen molar-refractivity contribution in [1.82, 2.24) is 19.7 Å². The van der Waals surface area contributed by atoms with Gasteiger partial charge in [-0.25, -0.2) is 14.1 Å². The van der Waals surface area contributed by atoms with Gasteiger partial charge in [-0.2, -0.15) is 5.10 Å². The summed E-state index contributed by atoms with van der Waals surface area (Å²) in [7, 11) is 0. The Bertz CT molecular complexity index is 851. The molecule has 1 aromatic heterocycles. The summed E-state index contributed by atoms with van der Waals surface area (Å²) in [6, 6.07) is 6.55. The van der Waals surface area contributed by atoms with E-state index in [1.807, 2.05) is 4.90 Å². The summed E-state index contributed by atoms with van der Waals surface area (Å²) in [5, 5.41) is 14.7. The number of carbonyl (C=O) groups excluding carboxylic acids is 1. The normalized spacial score (nSPS) is 31.6. The molecule has 0 bridgehead atoms. The fraction of sp³-hybridized carbons (Fsp3) is 0.550. The number of hydrogen-bond donors (Lipinski definition) is 1. The molecule has 3 aliphatic rings. The monoisotopic (exact) mass is 370 g/mol. The van der Waals surface area contributed by atoms with E-state index in [0.717, 1.165) is 6.42 Å². The van der Waals surface area contributed by atoms with E-state index in [2.05, 4.69) is 10.1 Å². The fourth-order valence-electron chi connectivity index (χ4n) is 5.12. The lowest BCUT2D eigenvalue weighted by molar-refractivity contribution is -0.133. The second-order valence-corrected chi connectivity index (χ2v) is 8.27. The minimum atomic E-state index is -0.678. The standard InChI is InChI=1S/C20H23FN4O2/c21-16-4-2-1-3-15(16)20(5-6-20)19(27)24-9-13-7-17(25-12-22-11-23-25)18(26)8-14(13)10-24/h1-4,11-14,17-18,26H,5-10H2/t13-,14+,17-,18-/m1/s1. The SMILES string of the molecule is O=C(N1C[C@H]2C[C@@H](n3cncn3)[C@H](O)C[C@H]2C1)C1(c2ccccc2F)CC1. The number of nitrogens with zero attached hydrogens (tertiary/aromatic N) is 4. The van der Waals surface area contributed by atoms with Crippen molar-refractivity contribution in [3.05, 3.63) is 48.3 Å². The summed E-state index contributed by atoms with van der Waals surface area (Å²) in [5.41, 5.74) is -0.145. The maximum atomic E-state index is 14.3. The lowest BCUT2D eigenvalue weighted by Gasteiger charge is -2.34. The third-order valence-electron chi connectivity index (χ3n) is 6.72. The van der Waals surface area contributed by atoms with E-state index in [0.29, 0.717) is 49.8 Å². The molecule has 27 heavy (non-hydrogen) atoms. The number of aromatic nitrogens is 3. The summed E-state index contributed by atoms with van der Waals surface area (Å²) in [4.78, 5) is 19.2. The van der Waals surface area contributed by atoms with Gasteiger partial charge in [0.1, 0.15) is 18.5 Å². The number of aliphatic hydroxyl groups excluding tert-OH is 1. The van der Waals surface area contributed by atoms with Gasteiger partial charge in [0.2, 0.25) is 5.91 Å². The van der Waals surface area contributed by atoms with Crippen LogP contribution in [0.5, 0.6) is 0 Å². The molecule has 1 aliphatic heterocycles. The molecule has 0 spiro atoms. The molecule has 0 unspecified atom stereocenters. The molecule has 0 radical (unpaired) electrons. The van der Waals surface area contributed by atoms with Crippen molar-refractivity contribution in [2.75, 3.05) is 13.1 Å². The Morgan fingerprint density at radius 2 is 1.93 bits per heavy atom. The lowest BCUT2D eigenvalue weighted by Crippen LogP contribution is -2.38. The number of hydrogen-bond acceptors (Lipinski definition) is 4. The Balaban J connectivity index is 1.34. The Morgan fingerprint density at radius 1 is 1.19 bits per heavy atom. The summed E-state index contributed by atoms with van der Waals surface area (Å²) < 4.78 is 16.0. The Morgan fingerprint density at radius 3 is 2.59 bits per heavy atom. The fourth-order valence-corrected chi connectivity index (χ4v) is 5.12. The summed E-state index contributed by atoms with van der Waals surface area (Å²) >= 11 is 0. The molecule has 5 rings (SSSR count). The smallest absolute Gasteiger partial charge is 0.233 e. The average molecular weight is 370 g/mol. The number of amides is 1. The van der Waals surface area contributed by atoms with E-state index < -0.39 is 11.5 Å². The van der Waals surface area contributed by atoms with Crippen LogP contribution in [0, 0.1) is 17.7 Å². The summed E-state index contributed by atoms with van der Waals surface area (Å²) in [5.74, 6) is 0.388. The third kappa shape index (κ3) is 2.67. The molecule has 4 atom stereocenters. The van der Waals surface area contributed by atoms with E-state index in [1.54, 1.807) is 29.2 Å². The first-order valence-electron chi connectivity index (χ1n) is 9.65. The Labute approximate surface area is 157 Å². The molecule has 2 aromatic rings. The Kier molecular flexibility index (Phi) is 3.82. The van der Waals surface area contributed by atoms with Gasteiger partial charge >= 0.3 is 0 Å². The summed E-state index contributed by atoms with van der Waals surface area (Å²) in [6.45, 7) is 1.33. The Hall–Kier alpha value is -2.28. The van der Waals surface area contributed by atoms with Crippen molar-refractivity contribution in [3.63, 3.8) is 0 Å². The predicted octanol–water partition coefficient (Wildman–Crippen LogP) is 1.92. The summed E-state index contributed by atoms with van der Waals surface area (Å²) in [6.07, 6.45) is 5.51. The van der Waals surface area contributed by atoms with Crippen molar-refractivity contribution in [2.24, 2.45) is 11.8 Å². The number of aliphatic hydroxyl groups is 1. The number of likely N-dealkylation sites (tertiary alicyclic amines) is 1. The van der Waals surface area contributed by atoms with Gasteiger partial charge in [0.25, 0.3) is 0 Å². The molecule has 2 saturated carbocycles. The van der Waals surface area contributed by atoms with Crippen LogP contribution in [0.25, 0.3) is 0 Å². The van der Waals surface area contributed by atoms with Gasteiger partial charge < -0.3 is 10.0 Å². The van der Waals surface area contributed by atoms with Gasteiger partial charge in [-0.3, -0.25) is 4.79 Å². The lowest BCUT2D eigenvalue weighted by atomic mass is 9.77. The molecular weight excluding hydrogens is 347 g/mol. The maximum absolute atomic E-state index is 14.3. The topological polar surface area (TPSA) is 71.2 Å². The number of fused-ring (bicyclic) bond motifs is 1. The molecule has 7 heteroatoms. The van der Waals surface area contributed by atoms with Crippen LogP contribution < -0.4 is 0 Å². The molecule has 2 aliphatic carbocycles. The zero-order valence-electron chi connectivity index (χ0n) is 15.0. The first-order valence-corrected chi connectivity index (χ1v) is 9.65. The van der Waals surface area contributed by atoms with Crippen molar-refractivity contribution in [3.8, 4) is 0 Å². The highest BCUT2D eigenvalue weighted by Crippen LogP contribution is 2.52. The van der Waals surface area contributed by atoms with Crippen LogP contribution in [0.2, 0.25) is 0 Å². The van der Waals surface area contributed by atoms with Crippen molar-refractivity contribution in [2.45, 2.75) is 43.2 Å². The number of carbonyl (C=O) groups is 1. The molecule has 1 N–H and O–H groups in total. The van der Waals surface area contributed by atoms with Gasteiger partial charge in [-0.15, -0.1) is 0 Å². The highest BCUT2D eigenvalue weighted by molar-refractivity contribution is 5.91. The highest BCUT2D eigenvalue weighted by atomic mass is 19.1. The second kappa shape index (κ2) is 6.12. The average Bonchev–Trinajstić information content (AvgIpc) is 3.09.